The fourth-order valence-electron chi connectivity index (χ4n) is 2.20. The summed E-state index contributed by atoms with van der Waals surface area (Å²) in [7, 11) is 4.03. The van der Waals surface area contributed by atoms with Crippen molar-refractivity contribution in [3.63, 3.8) is 0 Å². The van der Waals surface area contributed by atoms with E-state index < -0.39 is 0 Å². The van der Waals surface area contributed by atoms with Crippen molar-refractivity contribution in [3.8, 4) is 0 Å². The van der Waals surface area contributed by atoms with Crippen LogP contribution >= 0.6 is 11.3 Å². The van der Waals surface area contributed by atoms with Gasteiger partial charge in [0, 0.05) is 24.5 Å². The molecule has 0 unspecified atom stereocenters. The first-order valence-electron chi connectivity index (χ1n) is 7.71. The lowest BCUT2D eigenvalue weighted by molar-refractivity contribution is 0.0948. The Morgan fingerprint density at radius 2 is 2.09 bits per heavy atom. The van der Waals surface area contributed by atoms with Gasteiger partial charge in [-0.1, -0.05) is 13.8 Å². The van der Waals surface area contributed by atoms with Crippen LogP contribution in [0.2, 0.25) is 0 Å². The normalized spacial score (nSPS) is 13.3. The molecule has 0 aliphatic carbocycles. The number of hydrogen-bond acceptors (Lipinski definition) is 4. The van der Waals surface area contributed by atoms with E-state index in [1.54, 1.807) is 0 Å². The average molecular weight is 322 g/mol. The highest BCUT2D eigenvalue weighted by Gasteiger charge is 2.17. The Kier molecular flexibility index (Phi) is 5.24. The first kappa shape index (κ1) is 17.0. The maximum absolute atomic E-state index is 12.3. The van der Waals surface area contributed by atoms with Crippen LogP contribution in [0.4, 0.5) is 0 Å². The molecule has 2 heterocycles. The molecule has 22 heavy (non-hydrogen) atoms. The summed E-state index contributed by atoms with van der Waals surface area (Å²) in [6.07, 6.45) is 0. The molecule has 2 aromatic heterocycles. The monoisotopic (exact) mass is 322 g/mol. The number of carbonyl (C=O) groups excluding carboxylic acids is 1. The zero-order chi connectivity index (χ0) is 16.4. The zero-order valence-electron chi connectivity index (χ0n) is 14.3. The van der Waals surface area contributed by atoms with Crippen LogP contribution < -0.4 is 5.32 Å². The van der Waals surface area contributed by atoms with Gasteiger partial charge in [0.15, 0.2) is 0 Å². The summed E-state index contributed by atoms with van der Waals surface area (Å²) in [6, 6.07) is 2.28. The van der Waals surface area contributed by atoms with Gasteiger partial charge in [0.1, 0.15) is 4.83 Å². The van der Waals surface area contributed by atoms with E-state index >= 15 is 0 Å². The van der Waals surface area contributed by atoms with Crippen molar-refractivity contribution in [3.05, 3.63) is 16.6 Å². The maximum atomic E-state index is 12.3. The lowest BCUT2D eigenvalue weighted by Crippen LogP contribution is -2.37. The minimum absolute atomic E-state index is 0.00500. The number of fused-ring (bicyclic) bond motifs is 1. The minimum Gasteiger partial charge on any atom is -0.350 e. The summed E-state index contributed by atoms with van der Waals surface area (Å²) >= 11 is 1.53. The topological polar surface area (TPSA) is 50.2 Å². The Labute approximate surface area is 136 Å². The number of aryl methyl sites for hydroxylation is 1. The van der Waals surface area contributed by atoms with E-state index in [9.17, 15) is 4.79 Å². The quantitative estimate of drug-likeness (QED) is 0.889. The number of rotatable bonds is 6. The fraction of sp³-hybridized carbons (Fsp3) is 0.625. The smallest absolute Gasteiger partial charge is 0.261 e. The first-order chi connectivity index (χ1) is 10.3. The molecule has 0 radical (unpaired) electrons. The van der Waals surface area contributed by atoms with Gasteiger partial charge >= 0.3 is 0 Å². The largest absolute Gasteiger partial charge is 0.350 e. The molecule has 5 nitrogen and oxygen atoms in total. The molecule has 6 heteroatoms. The number of nitrogens with zero attached hydrogens (tertiary/aromatic N) is 3. The molecule has 0 saturated heterocycles. The molecule has 1 N–H and O–H groups in total. The van der Waals surface area contributed by atoms with E-state index in [1.807, 2.05) is 31.8 Å². The summed E-state index contributed by atoms with van der Waals surface area (Å²) in [4.78, 5) is 16.3. The molecular weight excluding hydrogens is 296 g/mol. The number of thiophene rings is 1. The van der Waals surface area contributed by atoms with E-state index in [1.165, 1.54) is 11.3 Å². The predicted octanol–water partition coefficient (Wildman–Crippen LogP) is 2.74. The Morgan fingerprint density at radius 1 is 1.41 bits per heavy atom. The molecule has 1 atom stereocenters. The molecule has 2 rings (SSSR count). The number of amides is 1. The molecule has 0 spiro atoms. The third-order valence-corrected chi connectivity index (χ3v) is 4.96. The maximum Gasteiger partial charge on any atom is 0.261 e. The van der Waals surface area contributed by atoms with E-state index in [0.717, 1.165) is 27.3 Å². The Bertz CT molecular complexity index is 656. The average Bonchev–Trinajstić information content (AvgIpc) is 2.97. The molecule has 122 valence electrons. The van der Waals surface area contributed by atoms with Gasteiger partial charge in [-0.25, -0.2) is 0 Å². The van der Waals surface area contributed by atoms with Gasteiger partial charge in [-0.05, 0) is 39.9 Å². The van der Waals surface area contributed by atoms with E-state index in [4.69, 9.17) is 0 Å². The predicted molar refractivity (Wildman–Crippen MR) is 92.7 cm³/mol. The van der Waals surface area contributed by atoms with Crippen LogP contribution in [0.5, 0.6) is 0 Å². The summed E-state index contributed by atoms with van der Waals surface area (Å²) in [5, 5.41) is 8.68. The van der Waals surface area contributed by atoms with Crippen molar-refractivity contribution in [1.82, 2.24) is 20.0 Å². The van der Waals surface area contributed by atoms with Crippen molar-refractivity contribution >= 4 is 27.5 Å². The molecule has 0 aliphatic rings. The molecule has 1 amide bonds. The highest BCUT2D eigenvalue weighted by Crippen LogP contribution is 2.28. The van der Waals surface area contributed by atoms with Crippen molar-refractivity contribution in [1.29, 1.82) is 0 Å². The Morgan fingerprint density at radius 3 is 2.68 bits per heavy atom. The second-order valence-corrected chi connectivity index (χ2v) is 7.54. The number of likely N-dealkylation sites (N-methyl/N-ethyl adjacent to an activating group) is 1. The molecule has 0 bridgehead atoms. The van der Waals surface area contributed by atoms with Crippen LogP contribution in [0.25, 0.3) is 10.2 Å². The molecule has 0 aromatic carbocycles. The SMILES string of the molecule is Cc1nn(CC(C)C)c2sc(C(=O)NC[C@@H](C)N(C)C)cc12. The third kappa shape index (κ3) is 3.67. The van der Waals surface area contributed by atoms with Gasteiger partial charge < -0.3 is 10.2 Å². The van der Waals surface area contributed by atoms with Crippen LogP contribution in [-0.4, -0.2) is 47.3 Å². The molecule has 2 aromatic rings. The van der Waals surface area contributed by atoms with Gasteiger partial charge in [-0.2, -0.15) is 5.10 Å². The minimum atomic E-state index is 0.00500. The number of carbonyl (C=O) groups is 1. The highest BCUT2D eigenvalue weighted by atomic mass is 32.1. The molecular formula is C16H26N4OS. The second kappa shape index (κ2) is 6.79. The van der Waals surface area contributed by atoms with Crippen LogP contribution in [0.1, 0.15) is 36.1 Å². The third-order valence-electron chi connectivity index (χ3n) is 3.81. The Balaban J connectivity index is 2.17. The lowest BCUT2D eigenvalue weighted by Gasteiger charge is -2.19. The lowest BCUT2D eigenvalue weighted by atomic mass is 10.2. The number of nitrogens with one attached hydrogen (secondary N) is 1. The van der Waals surface area contributed by atoms with Crippen molar-refractivity contribution < 1.29 is 4.79 Å². The number of hydrogen-bond donors (Lipinski definition) is 1. The number of aromatic nitrogens is 2. The van der Waals surface area contributed by atoms with E-state index in [0.29, 0.717) is 18.5 Å². The van der Waals surface area contributed by atoms with Crippen LogP contribution in [0.15, 0.2) is 6.07 Å². The summed E-state index contributed by atoms with van der Waals surface area (Å²) < 4.78 is 2.03. The van der Waals surface area contributed by atoms with Gasteiger partial charge in [-0.15, -0.1) is 11.3 Å². The highest BCUT2D eigenvalue weighted by molar-refractivity contribution is 7.20. The Hall–Kier alpha value is -1.40. The van der Waals surface area contributed by atoms with Crippen LogP contribution in [-0.2, 0) is 6.54 Å². The zero-order valence-corrected chi connectivity index (χ0v) is 15.1. The van der Waals surface area contributed by atoms with E-state index in [-0.39, 0.29) is 5.91 Å². The van der Waals surface area contributed by atoms with Gasteiger partial charge in [0.2, 0.25) is 0 Å². The van der Waals surface area contributed by atoms with Gasteiger partial charge in [0.05, 0.1) is 10.6 Å². The fourth-order valence-corrected chi connectivity index (χ4v) is 3.29. The van der Waals surface area contributed by atoms with E-state index in [2.05, 4.69) is 36.1 Å². The summed E-state index contributed by atoms with van der Waals surface area (Å²) in [5.41, 5.74) is 0.993. The van der Waals surface area contributed by atoms with Crippen LogP contribution in [0.3, 0.4) is 0 Å². The summed E-state index contributed by atoms with van der Waals surface area (Å²) in [5.74, 6) is 0.535. The van der Waals surface area contributed by atoms with Gasteiger partial charge in [-0.3, -0.25) is 9.48 Å². The molecule has 0 aliphatic heterocycles. The van der Waals surface area contributed by atoms with Crippen molar-refractivity contribution in [2.24, 2.45) is 5.92 Å². The summed E-state index contributed by atoms with van der Waals surface area (Å²) in [6.45, 7) is 9.97. The molecule has 0 saturated carbocycles. The first-order valence-corrected chi connectivity index (χ1v) is 8.52. The van der Waals surface area contributed by atoms with Crippen molar-refractivity contribution in [2.75, 3.05) is 20.6 Å². The molecule has 0 fully saturated rings. The standard InChI is InChI=1S/C16H26N4OS/c1-10(2)9-20-16-13(12(4)18-20)7-14(22-16)15(21)17-8-11(3)19(5)6/h7,10-11H,8-9H2,1-6H3,(H,17,21)/t11-/m1/s1. The van der Waals surface area contributed by atoms with Crippen LogP contribution in [0, 0.1) is 12.8 Å². The van der Waals surface area contributed by atoms with Gasteiger partial charge in [0.25, 0.3) is 5.91 Å². The van der Waals surface area contributed by atoms with Crippen molar-refractivity contribution in [2.45, 2.75) is 40.3 Å². The second-order valence-electron chi connectivity index (χ2n) is 6.51.